The maximum Gasteiger partial charge on any atom is 0.243 e. The number of sulfonamides is 1. The number of ether oxygens (including phenoxy) is 1. The van der Waals surface area contributed by atoms with Crippen molar-refractivity contribution in [3.63, 3.8) is 0 Å². The maximum atomic E-state index is 13.4. The Morgan fingerprint density at radius 1 is 1.12 bits per heavy atom. The minimum atomic E-state index is -3.84. The molecule has 1 aliphatic rings. The van der Waals surface area contributed by atoms with Gasteiger partial charge in [-0.05, 0) is 47.6 Å². The number of carbonyl (C=O) groups is 1. The van der Waals surface area contributed by atoms with E-state index < -0.39 is 10.0 Å². The van der Waals surface area contributed by atoms with Gasteiger partial charge in [-0.15, -0.1) is 0 Å². The zero-order valence-electron chi connectivity index (χ0n) is 19.7. The van der Waals surface area contributed by atoms with Crippen LogP contribution in [0.25, 0.3) is 0 Å². The molecule has 1 heterocycles. The first kappa shape index (κ1) is 24.4. The Morgan fingerprint density at radius 3 is 2.41 bits per heavy atom. The van der Waals surface area contributed by atoms with Gasteiger partial charge in [0.2, 0.25) is 15.9 Å². The van der Waals surface area contributed by atoms with Crippen LogP contribution < -0.4 is 0 Å². The van der Waals surface area contributed by atoms with Crippen molar-refractivity contribution in [3.8, 4) is 0 Å². The van der Waals surface area contributed by atoms with E-state index in [1.165, 1.54) is 17.0 Å². The van der Waals surface area contributed by atoms with E-state index in [-0.39, 0.29) is 42.0 Å². The van der Waals surface area contributed by atoms with E-state index in [1.807, 2.05) is 37.3 Å². The van der Waals surface area contributed by atoms with Crippen molar-refractivity contribution < 1.29 is 17.9 Å². The molecule has 0 aromatic heterocycles. The number of nitrogens with zero attached hydrogens (tertiary/aromatic N) is 2. The molecule has 2 aromatic carbocycles. The van der Waals surface area contributed by atoms with Gasteiger partial charge in [0.05, 0.1) is 24.1 Å². The van der Waals surface area contributed by atoms with Crippen molar-refractivity contribution in [1.29, 1.82) is 0 Å². The van der Waals surface area contributed by atoms with Gasteiger partial charge in [0.1, 0.15) is 0 Å². The van der Waals surface area contributed by atoms with Crippen LogP contribution in [0.1, 0.15) is 50.4 Å². The van der Waals surface area contributed by atoms with Crippen LogP contribution in [-0.4, -0.2) is 56.9 Å². The molecule has 0 radical (unpaired) electrons. The SMILES string of the molecule is COCCN(CC(=O)N1CCc2ccccc2C1C)S(=O)(=O)c1ccc(C(C)(C)C)cc1. The predicted octanol–water partition coefficient (Wildman–Crippen LogP) is 3.77. The quantitative estimate of drug-likeness (QED) is 0.634. The molecule has 0 aliphatic carbocycles. The first-order valence-corrected chi connectivity index (χ1v) is 12.5. The summed E-state index contributed by atoms with van der Waals surface area (Å²) in [4.78, 5) is 15.2. The Bertz CT molecular complexity index is 1040. The highest BCUT2D eigenvalue weighted by molar-refractivity contribution is 7.89. The molecule has 32 heavy (non-hydrogen) atoms. The largest absolute Gasteiger partial charge is 0.383 e. The van der Waals surface area contributed by atoms with Crippen LogP contribution in [0.5, 0.6) is 0 Å². The second-order valence-electron chi connectivity index (χ2n) is 9.32. The van der Waals surface area contributed by atoms with Crippen LogP contribution >= 0.6 is 0 Å². The van der Waals surface area contributed by atoms with Crippen molar-refractivity contribution in [2.75, 3.05) is 33.4 Å². The third kappa shape index (κ3) is 5.22. The number of carbonyl (C=O) groups excluding carboxylic acids is 1. The number of fused-ring (bicyclic) bond motifs is 1. The average Bonchev–Trinajstić information content (AvgIpc) is 2.76. The number of amides is 1. The summed E-state index contributed by atoms with van der Waals surface area (Å²) in [6, 6.07) is 14.9. The second-order valence-corrected chi connectivity index (χ2v) is 11.3. The normalized spacial score (nSPS) is 16.8. The summed E-state index contributed by atoms with van der Waals surface area (Å²) >= 11 is 0. The molecule has 1 atom stereocenters. The van der Waals surface area contributed by atoms with Crippen LogP contribution in [-0.2, 0) is 31.4 Å². The van der Waals surface area contributed by atoms with Gasteiger partial charge in [-0.1, -0.05) is 57.2 Å². The molecule has 1 amide bonds. The topological polar surface area (TPSA) is 66.9 Å². The molecule has 3 rings (SSSR count). The van der Waals surface area contributed by atoms with E-state index in [0.29, 0.717) is 6.54 Å². The van der Waals surface area contributed by atoms with Crippen LogP contribution in [0.2, 0.25) is 0 Å². The minimum Gasteiger partial charge on any atom is -0.383 e. The van der Waals surface area contributed by atoms with Gasteiger partial charge < -0.3 is 9.64 Å². The van der Waals surface area contributed by atoms with E-state index in [4.69, 9.17) is 4.74 Å². The van der Waals surface area contributed by atoms with Gasteiger partial charge in [-0.2, -0.15) is 4.31 Å². The molecule has 0 N–H and O–H groups in total. The number of methoxy groups -OCH3 is 1. The van der Waals surface area contributed by atoms with E-state index in [2.05, 4.69) is 26.8 Å². The van der Waals surface area contributed by atoms with Crippen LogP contribution in [0, 0.1) is 0 Å². The Hall–Kier alpha value is -2.22. The monoisotopic (exact) mass is 458 g/mol. The third-order valence-electron chi connectivity index (χ3n) is 6.13. The average molecular weight is 459 g/mol. The van der Waals surface area contributed by atoms with Crippen molar-refractivity contribution in [1.82, 2.24) is 9.21 Å². The number of hydrogen-bond acceptors (Lipinski definition) is 4. The smallest absolute Gasteiger partial charge is 0.243 e. The molecule has 0 fully saturated rings. The van der Waals surface area contributed by atoms with Gasteiger partial charge in [-0.3, -0.25) is 4.79 Å². The predicted molar refractivity (Wildman–Crippen MR) is 126 cm³/mol. The molecule has 7 heteroatoms. The highest BCUT2D eigenvalue weighted by Crippen LogP contribution is 2.30. The summed E-state index contributed by atoms with van der Waals surface area (Å²) in [5.41, 5.74) is 3.34. The zero-order chi connectivity index (χ0) is 23.5. The van der Waals surface area contributed by atoms with Gasteiger partial charge >= 0.3 is 0 Å². The number of hydrogen-bond donors (Lipinski definition) is 0. The molecule has 0 saturated heterocycles. The highest BCUT2D eigenvalue weighted by Gasteiger charge is 2.32. The maximum absolute atomic E-state index is 13.4. The van der Waals surface area contributed by atoms with Gasteiger partial charge in [0.15, 0.2) is 0 Å². The first-order chi connectivity index (χ1) is 15.1. The standard InChI is InChI=1S/C25H34N2O4S/c1-19-23-9-7-6-8-20(23)14-15-27(19)24(28)18-26(16-17-31-5)32(29,30)22-12-10-21(11-13-22)25(2,3)4/h6-13,19H,14-18H2,1-5H3. The van der Waals surface area contributed by atoms with E-state index in [1.54, 1.807) is 17.0 Å². The molecule has 2 aromatic rings. The second kappa shape index (κ2) is 9.73. The van der Waals surface area contributed by atoms with E-state index in [0.717, 1.165) is 17.5 Å². The lowest BCUT2D eigenvalue weighted by Gasteiger charge is -2.36. The molecule has 6 nitrogen and oxygen atoms in total. The molecule has 1 unspecified atom stereocenters. The molecule has 174 valence electrons. The van der Waals surface area contributed by atoms with Crippen molar-refractivity contribution in [2.24, 2.45) is 0 Å². The minimum absolute atomic E-state index is 0.0747. The zero-order valence-corrected chi connectivity index (χ0v) is 20.5. The molecule has 0 saturated carbocycles. The molecular weight excluding hydrogens is 424 g/mol. The molecular formula is C25H34N2O4S. The van der Waals surface area contributed by atoms with E-state index in [9.17, 15) is 13.2 Å². The van der Waals surface area contributed by atoms with Crippen molar-refractivity contribution in [2.45, 2.75) is 50.5 Å². The van der Waals surface area contributed by atoms with Gasteiger partial charge in [-0.25, -0.2) is 8.42 Å². The van der Waals surface area contributed by atoms with E-state index >= 15 is 0 Å². The molecule has 0 bridgehead atoms. The Labute approximate surface area is 192 Å². The lowest BCUT2D eigenvalue weighted by Crippen LogP contribution is -2.46. The lowest BCUT2D eigenvalue weighted by atomic mass is 9.87. The summed E-state index contributed by atoms with van der Waals surface area (Å²) in [7, 11) is -2.32. The number of benzene rings is 2. The van der Waals surface area contributed by atoms with Crippen molar-refractivity contribution in [3.05, 3.63) is 65.2 Å². The van der Waals surface area contributed by atoms with Crippen molar-refractivity contribution >= 4 is 15.9 Å². The fraction of sp³-hybridized carbons (Fsp3) is 0.480. The molecule has 0 spiro atoms. The van der Waals surface area contributed by atoms with Crippen LogP contribution in [0.3, 0.4) is 0 Å². The summed E-state index contributed by atoms with van der Waals surface area (Å²) < 4.78 is 33.2. The fourth-order valence-electron chi connectivity index (χ4n) is 4.11. The Kier molecular flexibility index (Phi) is 7.43. The van der Waals surface area contributed by atoms with Gasteiger partial charge in [0.25, 0.3) is 0 Å². The first-order valence-electron chi connectivity index (χ1n) is 11.0. The highest BCUT2D eigenvalue weighted by atomic mass is 32.2. The summed E-state index contributed by atoms with van der Waals surface area (Å²) in [6.45, 7) is 8.94. The summed E-state index contributed by atoms with van der Waals surface area (Å²) in [6.07, 6.45) is 0.769. The fourth-order valence-corrected chi connectivity index (χ4v) is 5.48. The Balaban J connectivity index is 1.82. The summed E-state index contributed by atoms with van der Waals surface area (Å²) in [5.74, 6) is -0.196. The third-order valence-corrected chi connectivity index (χ3v) is 7.99. The number of rotatable bonds is 7. The van der Waals surface area contributed by atoms with Crippen LogP contribution in [0.15, 0.2) is 53.4 Å². The van der Waals surface area contributed by atoms with Gasteiger partial charge in [0, 0.05) is 20.2 Å². The summed E-state index contributed by atoms with van der Waals surface area (Å²) in [5, 5.41) is 0. The molecule has 1 aliphatic heterocycles. The van der Waals surface area contributed by atoms with Crippen LogP contribution in [0.4, 0.5) is 0 Å². The lowest BCUT2D eigenvalue weighted by molar-refractivity contribution is -0.134. The Morgan fingerprint density at radius 2 is 1.78 bits per heavy atom.